The van der Waals surface area contributed by atoms with E-state index in [-0.39, 0.29) is 36.3 Å². The van der Waals surface area contributed by atoms with Crippen LogP contribution < -0.4 is 26.6 Å². The van der Waals surface area contributed by atoms with Crippen LogP contribution in [0.4, 0.5) is 15.9 Å². The quantitative estimate of drug-likeness (QED) is 0.408. The Kier molecular flexibility index (Phi) is 8.61. The monoisotopic (exact) mass is 498 g/mol. The Bertz CT molecular complexity index is 1340. The maximum atomic E-state index is 13.6. The number of nitrogens with one attached hydrogen (secondary N) is 1. The van der Waals surface area contributed by atoms with E-state index in [1.807, 2.05) is 19.9 Å². The van der Waals surface area contributed by atoms with Gasteiger partial charge in [-0.05, 0) is 23.6 Å². The molecule has 3 rings (SSSR count). The van der Waals surface area contributed by atoms with Crippen LogP contribution in [0.5, 0.6) is 5.75 Å². The summed E-state index contributed by atoms with van der Waals surface area (Å²) in [4.78, 5) is 53.6. The first-order chi connectivity index (χ1) is 17.2. The number of nitrogens with zero attached hydrogens (tertiary/aromatic N) is 2. The van der Waals surface area contributed by atoms with E-state index < -0.39 is 42.2 Å². The molecule has 3 aromatic rings. The van der Waals surface area contributed by atoms with Gasteiger partial charge in [-0.1, -0.05) is 56.3 Å². The molecule has 0 radical (unpaired) electrons. The minimum atomic E-state index is -0.910. The van der Waals surface area contributed by atoms with Crippen LogP contribution in [0, 0.1) is 11.7 Å². The predicted octanol–water partition coefficient (Wildman–Crippen LogP) is 1.92. The highest BCUT2D eigenvalue weighted by Gasteiger charge is 2.26. The minimum Gasteiger partial charge on any atom is -0.479 e. The number of hydrogen-bond donors (Lipinski definition) is 2. The lowest BCUT2D eigenvalue weighted by Crippen LogP contribution is -2.44. The van der Waals surface area contributed by atoms with Gasteiger partial charge in [0.15, 0.2) is 30.5 Å². The van der Waals surface area contributed by atoms with Gasteiger partial charge in [0.25, 0.3) is 11.5 Å². The third kappa shape index (κ3) is 6.59. The normalized spacial score (nSPS) is 10.8. The summed E-state index contributed by atoms with van der Waals surface area (Å²) in [6.07, 6.45) is 0. The number of nitrogen functional groups attached to an aromatic ring is 1. The standard InChI is InChI=1S/C25H27FN4O6/c1-16(2)12-29(20(31)14-36-21(32)15-35-19-11-7-6-10-18(19)26)22-23(27)30(25(34)28-24(22)33)13-17-8-4-3-5-9-17/h3-11,16H,12-15,27H2,1-2H3,(H,28,33,34). The van der Waals surface area contributed by atoms with Gasteiger partial charge in [0, 0.05) is 6.54 Å². The number of carbonyl (C=O) groups excluding carboxylic acids is 2. The molecule has 0 saturated heterocycles. The van der Waals surface area contributed by atoms with Crippen LogP contribution in [0.2, 0.25) is 0 Å². The number of rotatable bonds is 10. The summed E-state index contributed by atoms with van der Waals surface area (Å²) in [5.74, 6) is -2.72. The smallest absolute Gasteiger partial charge is 0.344 e. The highest BCUT2D eigenvalue weighted by Crippen LogP contribution is 2.20. The van der Waals surface area contributed by atoms with E-state index in [0.717, 1.165) is 15.0 Å². The number of aromatic amines is 1. The number of hydrogen-bond acceptors (Lipinski definition) is 7. The molecule has 36 heavy (non-hydrogen) atoms. The van der Waals surface area contributed by atoms with Gasteiger partial charge < -0.3 is 20.1 Å². The van der Waals surface area contributed by atoms with Crippen LogP contribution >= 0.6 is 0 Å². The number of carbonyl (C=O) groups is 2. The molecule has 1 amide bonds. The Balaban J connectivity index is 1.79. The molecule has 10 nitrogen and oxygen atoms in total. The van der Waals surface area contributed by atoms with E-state index in [1.165, 1.54) is 24.3 Å². The molecule has 1 aromatic heterocycles. The molecule has 0 bridgehead atoms. The SMILES string of the molecule is CC(C)CN(C(=O)COC(=O)COc1ccccc1F)c1c(N)n(Cc2ccccc2)c(=O)[nH]c1=O. The largest absolute Gasteiger partial charge is 0.479 e. The maximum absolute atomic E-state index is 13.6. The van der Waals surface area contributed by atoms with Gasteiger partial charge in [-0.15, -0.1) is 0 Å². The predicted molar refractivity (Wildman–Crippen MR) is 131 cm³/mol. The number of amides is 1. The zero-order valence-electron chi connectivity index (χ0n) is 19.9. The second kappa shape index (κ2) is 11.8. The molecule has 0 saturated carbocycles. The lowest BCUT2D eigenvalue weighted by molar-refractivity contribution is -0.149. The molecule has 190 valence electrons. The Morgan fingerprint density at radius 3 is 2.39 bits per heavy atom. The molecule has 0 unspecified atom stereocenters. The lowest BCUT2D eigenvalue weighted by atomic mass is 10.2. The number of anilines is 2. The highest BCUT2D eigenvalue weighted by atomic mass is 19.1. The van der Waals surface area contributed by atoms with Crippen LogP contribution in [0.1, 0.15) is 19.4 Å². The molecule has 0 atom stereocenters. The molecule has 0 aliphatic rings. The maximum Gasteiger partial charge on any atom is 0.344 e. The summed E-state index contributed by atoms with van der Waals surface area (Å²) >= 11 is 0. The third-order valence-electron chi connectivity index (χ3n) is 5.06. The summed E-state index contributed by atoms with van der Waals surface area (Å²) in [6, 6.07) is 14.5. The molecule has 3 N–H and O–H groups in total. The summed E-state index contributed by atoms with van der Waals surface area (Å²) in [6.45, 7) is 2.43. The van der Waals surface area contributed by atoms with E-state index in [1.54, 1.807) is 24.3 Å². The van der Waals surface area contributed by atoms with E-state index in [4.69, 9.17) is 15.2 Å². The fourth-order valence-corrected chi connectivity index (χ4v) is 3.40. The molecule has 1 heterocycles. The van der Waals surface area contributed by atoms with Gasteiger partial charge in [0.05, 0.1) is 6.54 Å². The Morgan fingerprint density at radius 1 is 1.06 bits per heavy atom. The number of aromatic nitrogens is 2. The number of esters is 1. The van der Waals surface area contributed by atoms with Gasteiger partial charge in [0.2, 0.25) is 0 Å². The molecule has 0 aliphatic carbocycles. The zero-order chi connectivity index (χ0) is 26.2. The van der Waals surface area contributed by atoms with Gasteiger partial charge in [-0.3, -0.25) is 19.1 Å². The first-order valence-corrected chi connectivity index (χ1v) is 11.2. The first kappa shape index (κ1) is 26.2. The zero-order valence-corrected chi connectivity index (χ0v) is 19.9. The fourth-order valence-electron chi connectivity index (χ4n) is 3.40. The molecule has 0 aliphatic heterocycles. The van der Waals surface area contributed by atoms with Crippen molar-refractivity contribution in [2.24, 2.45) is 5.92 Å². The average molecular weight is 499 g/mol. The van der Waals surface area contributed by atoms with Gasteiger partial charge in [-0.25, -0.2) is 14.0 Å². The number of para-hydroxylation sites is 1. The topological polar surface area (TPSA) is 137 Å². The summed E-state index contributed by atoms with van der Waals surface area (Å²) in [7, 11) is 0. The van der Waals surface area contributed by atoms with Crippen LogP contribution in [0.25, 0.3) is 0 Å². The average Bonchev–Trinajstić information content (AvgIpc) is 2.84. The summed E-state index contributed by atoms with van der Waals surface area (Å²) < 4.78 is 24.8. The third-order valence-corrected chi connectivity index (χ3v) is 5.06. The number of nitrogens with two attached hydrogens (primary N) is 1. The van der Waals surface area contributed by atoms with Crippen molar-refractivity contribution in [2.45, 2.75) is 20.4 Å². The number of ether oxygens (including phenoxy) is 2. The van der Waals surface area contributed by atoms with Crippen molar-refractivity contribution in [1.82, 2.24) is 9.55 Å². The first-order valence-electron chi connectivity index (χ1n) is 11.2. The van der Waals surface area contributed by atoms with E-state index in [0.29, 0.717) is 0 Å². The molecule has 0 fully saturated rings. The van der Waals surface area contributed by atoms with Crippen LogP contribution in [-0.4, -0.2) is 41.2 Å². The lowest BCUT2D eigenvalue weighted by Gasteiger charge is -2.26. The number of halogens is 1. The number of benzene rings is 2. The van der Waals surface area contributed by atoms with E-state index >= 15 is 0 Å². The molecule has 2 aromatic carbocycles. The van der Waals surface area contributed by atoms with Crippen molar-refractivity contribution in [3.63, 3.8) is 0 Å². The van der Waals surface area contributed by atoms with Crippen molar-refractivity contribution in [2.75, 3.05) is 30.4 Å². The Morgan fingerprint density at radius 2 is 1.72 bits per heavy atom. The van der Waals surface area contributed by atoms with Crippen molar-refractivity contribution in [3.8, 4) is 5.75 Å². The Hall–Kier alpha value is -4.41. The molecular formula is C25H27FN4O6. The van der Waals surface area contributed by atoms with Crippen molar-refractivity contribution in [3.05, 3.63) is 86.8 Å². The van der Waals surface area contributed by atoms with Gasteiger partial charge >= 0.3 is 11.7 Å². The van der Waals surface area contributed by atoms with E-state index in [2.05, 4.69) is 4.98 Å². The van der Waals surface area contributed by atoms with Crippen molar-refractivity contribution in [1.29, 1.82) is 0 Å². The number of H-pyrrole nitrogens is 1. The van der Waals surface area contributed by atoms with Gasteiger partial charge in [-0.2, -0.15) is 0 Å². The second-order valence-corrected chi connectivity index (χ2v) is 8.34. The molecule has 0 spiro atoms. The van der Waals surface area contributed by atoms with Crippen LogP contribution in [0.3, 0.4) is 0 Å². The van der Waals surface area contributed by atoms with Crippen molar-refractivity contribution >= 4 is 23.4 Å². The highest BCUT2D eigenvalue weighted by molar-refractivity contribution is 5.97. The second-order valence-electron chi connectivity index (χ2n) is 8.34. The van der Waals surface area contributed by atoms with Crippen LogP contribution in [0.15, 0.2) is 64.2 Å². The Labute approximate surface area is 206 Å². The van der Waals surface area contributed by atoms with E-state index in [9.17, 15) is 23.6 Å². The fraction of sp³-hybridized carbons (Fsp3) is 0.280. The van der Waals surface area contributed by atoms with Crippen LogP contribution in [-0.2, 0) is 20.9 Å². The molecule has 11 heteroatoms. The molecular weight excluding hydrogens is 471 g/mol. The summed E-state index contributed by atoms with van der Waals surface area (Å²) in [5, 5.41) is 0. The van der Waals surface area contributed by atoms with Crippen molar-refractivity contribution < 1.29 is 23.5 Å². The van der Waals surface area contributed by atoms with Gasteiger partial charge in [0.1, 0.15) is 5.82 Å². The minimum absolute atomic E-state index is 0.0684. The summed E-state index contributed by atoms with van der Waals surface area (Å²) in [5.41, 5.74) is 5.19.